The van der Waals surface area contributed by atoms with E-state index in [1.165, 1.54) is 155 Å². The van der Waals surface area contributed by atoms with Gasteiger partial charge in [-0.1, -0.05) is 56.3 Å². The number of benzene rings is 4. The van der Waals surface area contributed by atoms with Crippen molar-refractivity contribution in [2.45, 2.75) is 113 Å². The number of nitrogens with zero attached hydrogens (tertiary/aromatic N) is 4. The maximum Gasteiger partial charge on any atom is 0.378 e. The molecule has 5 heteroatoms. The highest BCUT2D eigenvalue weighted by molar-refractivity contribution is 6.15. The van der Waals surface area contributed by atoms with E-state index in [2.05, 4.69) is 130 Å². The average molecular weight is 821 g/mol. The summed E-state index contributed by atoms with van der Waals surface area (Å²) in [4.78, 5) is 2.78. The third-order valence-corrected chi connectivity index (χ3v) is 20.3. The number of fused-ring (bicyclic) bond motifs is 8. The van der Waals surface area contributed by atoms with E-state index in [9.17, 15) is 0 Å². The van der Waals surface area contributed by atoms with Crippen LogP contribution in [-0.4, -0.2) is 4.57 Å². The van der Waals surface area contributed by atoms with Gasteiger partial charge >= 0.3 is 11.5 Å². The molecule has 5 nitrogen and oxygen atoms in total. The molecule has 0 amide bonds. The van der Waals surface area contributed by atoms with Crippen molar-refractivity contribution in [1.82, 2.24) is 4.57 Å². The van der Waals surface area contributed by atoms with Gasteiger partial charge in [-0.25, -0.2) is 0 Å². The summed E-state index contributed by atoms with van der Waals surface area (Å²) in [6, 6.07) is 39.1. The monoisotopic (exact) mass is 820 g/mol. The second kappa shape index (κ2) is 10.1. The van der Waals surface area contributed by atoms with Crippen LogP contribution in [0.1, 0.15) is 124 Å². The second-order valence-corrected chi connectivity index (χ2v) is 23.8. The van der Waals surface area contributed by atoms with Crippen molar-refractivity contribution in [3.05, 3.63) is 130 Å². The van der Waals surface area contributed by atoms with E-state index in [0.717, 1.165) is 47.1 Å². The Morgan fingerprint density at radius 1 is 0.556 bits per heavy atom. The Kier molecular flexibility index (Phi) is 5.31. The fraction of sp³-hybridized carbons (Fsp3) is 0.414. The first-order valence-corrected chi connectivity index (χ1v) is 24.8. The minimum Gasteiger partial charge on any atom is -0.404 e. The van der Waals surface area contributed by atoms with Gasteiger partial charge in [0.1, 0.15) is 16.8 Å². The van der Waals surface area contributed by atoms with E-state index in [0.29, 0.717) is 0 Å². The molecule has 8 fully saturated rings. The molecule has 4 aromatic carbocycles. The number of hydrogen-bond donors (Lipinski definition) is 0. The van der Waals surface area contributed by atoms with E-state index in [1.807, 2.05) is 0 Å². The van der Waals surface area contributed by atoms with Gasteiger partial charge in [0.05, 0.1) is 22.8 Å². The topological polar surface area (TPSA) is 25.2 Å². The van der Waals surface area contributed by atoms with Crippen LogP contribution in [0.25, 0.3) is 38.9 Å². The van der Waals surface area contributed by atoms with Crippen LogP contribution in [0.4, 0.5) is 17.2 Å². The zero-order valence-corrected chi connectivity index (χ0v) is 36.4. The van der Waals surface area contributed by atoms with Crippen LogP contribution in [0.2, 0.25) is 0 Å². The Morgan fingerprint density at radius 3 is 1.86 bits per heavy atom. The van der Waals surface area contributed by atoms with Gasteiger partial charge < -0.3 is 9.30 Å². The summed E-state index contributed by atoms with van der Waals surface area (Å²) >= 11 is 0. The fourth-order valence-corrected chi connectivity index (χ4v) is 19.0. The normalized spacial score (nSPS) is 34.5. The average Bonchev–Trinajstić information content (AvgIpc) is 3.76. The molecule has 20 rings (SSSR count). The van der Waals surface area contributed by atoms with Crippen LogP contribution < -0.4 is 18.8 Å². The van der Waals surface area contributed by atoms with Crippen molar-refractivity contribution in [3.63, 3.8) is 0 Å². The number of pyridine rings is 2. The summed E-state index contributed by atoms with van der Waals surface area (Å²) in [7, 11) is 0. The summed E-state index contributed by atoms with van der Waals surface area (Å²) < 4.78 is 15.8. The lowest BCUT2D eigenvalue weighted by molar-refractivity contribution is -0.936. The van der Waals surface area contributed by atoms with Crippen LogP contribution in [0.15, 0.2) is 97.1 Å². The van der Waals surface area contributed by atoms with Gasteiger partial charge in [0.2, 0.25) is 5.69 Å². The summed E-state index contributed by atoms with van der Waals surface area (Å²) in [5.41, 5.74) is 17.7. The maximum absolute atomic E-state index is 7.55. The SMILES string of the molecule is CC1(C)c2ccccc2N2c3c1cc1c4ccccc4n4c1c3C13c5c(cccc5-4)Oc4cc(C56CC7CC(CC(C7)C5)C6)cc([n+]41)-c1cc(C45CC6CC(CC(C6)C4)C5)cc2[n+]13. The Morgan fingerprint density at radius 2 is 1.16 bits per heavy atom. The molecule has 8 heterocycles. The molecule has 8 saturated carbocycles. The zero-order valence-electron chi connectivity index (χ0n) is 36.4. The predicted octanol–water partition coefficient (Wildman–Crippen LogP) is 12.4. The highest BCUT2D eigenvalue weighted by Crippen LogP contribution is 2.68. The van der Waals surface area contributed by atoms with Gasteiger partial charge in [-0.2, -0.15) is 4.90 Å². The van der Waals surface area contributed by atoms with Crippen molar-refractivity contribution in [2.75, 3.05) is 4.90 Å². The molecule has 1 unspecified atom stereocenters. The van der Waals surface area contributed by atoms with Gasteiger partial charge in [0.15, 0.2) is 11.4 Å². The van der Waals surface area contributed by atoms with Crippen LogP contribution in [0.3, 0.4) is 0 Å². The van der Waals surface area contributed by atoms with Crippen LogP contribution in [-0.2, 0) is 21.9 Å². The van der Waals surface area contributed by atoms with Crippen LogP contribution in [0, 0.1) is 35.5 Å². The minimum absolute atomic E-state index is 0.224. The standard InChI is InChI=1S/C58H52N4O/c1-55(2)41-9-4-6-11-44(41)60-49-22-37(56-25-31-14-32(26-56)16-33(15-31)27-56)20-46-47-21-38(57-28-34-17-35(29-57)19-36(18-34)30-57)23-50-62(47)58(61(46)49)51-45(12-7-13-48(51)63-50)59-43-10-5-3-8-39(43)40-24-42(55)54(60)52(58)53(40)59/h3-13,20-24,31-36H,14-19,25-30H2,1-2H3/q+2. The lowest BCUT2D eigenvalue weighted by Crippen LogP contribution is -2.75. The molecular formula is C58H52N4O+2. The molecule has 308 valence electrons. The number of hydrogen-bond acceptors (Lipinski definition) is 2. The van der Waals surface area contributed by atoms with Crippen molar-refractivity contribution >= 4 is 39.0 Å². The third kappa shape index (κ3) is 3.46. The molecule has 1 atom stereocenters. The summed E-state index contributed by atoms with van der Waals surface area (Å²) in [5, 5.41) is 2.69. The smallest absolute Gasteiger partial charge is 0.378 e. The lowest BCUT2D eigenvalue weighted by Gasteiger charge is -2.57. The first kappa shape index (κ1) is 33.1. The Bertz CT molecular complexity index is 3330. The molecule has 8 bridgehead atoms. The molecule has 63 heavy (non-hydrogen) atoms. The molecule has 5 aliphatic heterocycles. The van der Waals surface area contributed by atoms with Gasteiger partial charge in [-0.3, -0.25) is 0 Å². The Balaban J connectivity index is 1.05. The Hall–Kier alpha value is -5.42. The number of rotatable bonds is 2. The van der Waals surface area contributed by atoms with E-state index >= 15 is 0 Å². The first-order valence-electron chi connectivity index (χ1n) is 24.8. The van der Waals surface area contributed by atoms with E-state index in [4.69, 9.17) is 4.74 Å². The van der Waals surface area contributed by atoms with Gasteiger partial charge in [-0.15, -0.1) is 9.13 Å². The number of aromatic nitrogens is 3. The highest BCUT2D eigenvalue weighted by atomic mass is 16.5. The molecule has 3 aromatic heterocycles. The number of anilines is 3. The molecule has 8 aliphatic carbocycles. The van der Waals surface area contributed by atoms with Crippen LogP contribution >= 0.6 is 0 Å². The molecule has 1 spiro atoms. The van der Waals surface area contributed by atoms with E-state index in [-0.39, 0.29) is 16.2 Å². The molecule has 7 aromatic rings. The number of ether oxygens (including phenoxy) is 1. The van der Waals surface area contributed by atoms with Crippen molar-refractivity contribution < 1.29 is 13.9 Å². The van der Waals surface area contributed by atoms with Crippen molar-refractivity contribution in [1.29, 1.82) is 0 Å². The number of para-hydroxylation sites is 2. The third-order valence-electron chi connectivity index (χ3n) is 20.3. The van der Waals surface area contributed by atoms with E-state index < -0.39 is 5.66 Å². The fourth-order valence-electron chi connectivity index (χ4n) is 19.0. The highest BCUT2D eigenvalue weighted by Gasteiger charge is 2.74. The van der Waals surface area contributed by atoms with E-state index in [1.54, 1.807) is 11.1 Å². The molecule has 0 saturated heterocycles. The largest absolute Gasteiger partial charge is 0.404 e. The molecular weight excluding hydrogens is 769 g/mol. The minimum atomic E-state index is -0.660. The molecule has 13 aliphatic rings. The second-order valence-electron chi connectivity index (χ2n) is 23.8. The van der Waals surface area contributed by atoms with Crippen molar-refractivity contribution in [3.8, 4) is 28.7 Å². The maximum atomic E-state index is 7.55. The van der Waals surface area contributed by atoms with Crippen LogP contribution in [0.5, 0.6) is 11.6 Å². The van der Waals surface area contributed by atoms with Gasteiger partial charge in [0.25, 0.3) is 11.5 Å². The van der Waals surface area contributed by atoms with Crippen molar-refractivity contribution in [2.24, 2.45) is 35.5 Å². The van der Waals surface area contributed by atoms with Gasteiger partial charge in [0, 0.05) is 39.4 Å². The quantitative estimate of drug-likeness (QED) is 0.162. The molecule has 0 N–H and O–H groups in total. The summed E-state index contributed by atoms with van der Waals surface area (Å²) in [6.45, 7) is 4.99. The van der Waals surface area contributed by atoms with Gasteiger partial charge in [-0.05, 0) is 171 Å². The summed E-state index contributed by atoms with van der Waals surface area (Å²) in [6.07, 6.45) is 16.8. The molecule has 0 radical (unpaired) electrons. The summed E-state index contributed by atoms with van der Waals surface area (Å²) in [5.74, 6) is 8.63. The Labute approximate surface area is 368 Å². The predicted molar refractivity (Wildman–Crippen MR) is 245 cm³/mol. The zero-order chi connectivity index (χ0) is 40.7. The first-order chi connectivity index (χ1) is 30.8. The lowest BCUT2D eigenvalue weighted by atomic mass is 9.48.